The SMILES string of the molecule is Cc1csc(CNC(=O)c2cc(COc3c(C)cccc3C)on2)n1. The van der Waals surface area contributed by atoms with Gasteiger partial charge >= 0.3 is 0 Å². The summed E-state index contributed by atoms with van der Waals surface area (Å²) in [5.74, 6) is 1.02. The molecule has 0 aliphatic rings. The molecule has 0 fully saturated rings. The molecule has 0 aliphatic carbocycles. The van der Waals surface area contributed by atoms with E-state index in [0.717, 1.165) is 27.6 Å². The topological polar surface area (TPSA) is 77.2 Å². The third-order valence-corrected chi connectivity index (χ3v) is 4.59. The van der Waals surface area contributed by atoms with E-state index in [0.29, 0.717) is 12.3 Å². The summed E-state index contributed by atoms with van der Waals surface area (Å²) in [6.45, 7) is 6.49. The van der Waals surface area contributed by atoms with Gasteiger partial charge in [-0.1, -0.05) is 23.4 Å². The van der Waals surface area contributed by atoms with E-state index in [1.165, 1.54) is 11.3 Å². The Hall–Kier alpha value is -2.67. The fourth-order valence-electron chi connectivity index (χ4n) is 2.39. The molecule has 0 atom stereocenters. The van der Waals surface area contributed by atoms with E-state index in [1.54, 1.807) is 6.07 Å². The number of hydrogen-bond donors (Lipinski definition) is 1. The lowest BCUT2D eigenvalue weighted by molar-refractivity contribution is 0.0941. The molecule has 0 unspecified atom stereocenters. The molecule has 3 aromatic rings. The lowest BCUT2D eigenvalue weighted by Crippen LogP contribution is -2.23. The Kier molecular flexibility index (Phi) is 5.14. The van der Waals surface area contributed by atoms with Crippen LogP contribution < -0.4 is 10.1 Å². The van der Waals surface area contributed by atoms with Crippen LogP contribution in [0, 0.1) is 20.8 Å². The van der Waals surface area contributed by atoms with Gasteiger partial charge in [0.05, 0.1) is 6.54 Å². The van der Waals surface area contributed by atoms with Crippen LogP contribution in [0.15, 0.2) is 34.2 Å². The van der Waals surface area contributed by atoms with Gasteiger partial charge < -0.3 is 14.6 Å². The van der Waals surface area contributed by atoms with Crippen LogP contribution in [0.2, 0.25) is 0 Å². The molecule has 0 bridgehead atoms. The van der Waals surface area contributed by atoms with Crippen molar-refractivity contribution in [2.24, 2.45) is 0 Å². The maximum atomic E-state index is 12.1. The monoisotopic (exact) mass is 357 g/mol. The average molecular weight is 357 g/mol. The Morgan fingerprint density at radius 1 is 1.28 bits per heavy atom. The van der Waals surface area contributed by atoms with Gasteiger partial charge in [0.1, 0.15) is 17.4 Å². The molecule has 2 heterocycles. The Morgan fingerprint density at radius 2 is 2.04 bits per heavy atom. The molecule has 1 N–H and O–H groups in total. The Bertz CT molecular complexity index is 865. The van der Waals surface area contributed by atoms with Gasteiger partial charge in [-0.05, 0) is 31.9 Å². The van der Waals surface area contributed by atoms with Crippen LogP contribution in [-0.2, 0) is 13.2 Å². The van der Waals surface area contributed by atoms with Gasteiger partial charge in [0.15, 0.2) is 11.5 Å². The summed E-state index contributed by atoms with van der Waals surface area (Å²) in [7, 11) is 0. The maximum absolute atomic E-state index is 12.1. The summed E-state index contributed by atoms with van der Waals surface area (Å²) in [5.41, 5.74) is 3.28. The number of nitrogens with zero attached hydrogens (tertiary/aromatic N) is 2. The van der Waals surface area contributed by atoms with E-state index in [4.69, 9.17) is 9.26 Å². The maximum Gasteiger partial charge on any atom is 0.273 e. The highest BCUT2D eigenvalue weighted by atomic mass is 32.1. The van der Waals surface area contributed by atoms with E-state index in [-0.39, 0.29) is 18.2 Å². The largest absolute Gasteiger partial charge is 0.485 e. The number of ether oxygens (including phenoxy) is 1. The summed E-state index contributed by atoms with van der Waals surface area (Å²) in [5, 5.41) is 9.39. The molecule has 130 valence electrons. The normalized spacial score (nSPS) is 10.7. The number of benzene rings is 1. The van der Waals surface area contributed by atoms with Gasteiger partial charge in [-0.2, -0.15) is 0 Å². The number of nitrogens with one attached hydrogen (secondary N) is 1. The highest BCUT2D eigenvalue weighted by Gasteiger charge is 2.14. The third kappa shape index (κ3) is 4.24. The predicted molar refractivity (Wildman–Crippen MR) is 94.8 cm³/mol. The molecule has 7 heteroatoms. The number of para-hydroxylation sites is 1. The number of amides is 1. The average Bonchev–Trinajstić information content (AvgIpc) is 3.21. The van der Waals surface area contributed by atoms with Gasteiger partial charge in [-0.15, -0.1) is 11.3 Å². The van der Waals surface area contributed by atoms with Crippen LogP contribution in [0.3, 0.4) is 0 Å². The van der Waals surface area contributed by atoms with Crippen molar-refractivity contribution < 1.29 is 14.1 Å². The van der Waals surface area contributed by atoms with Gasteiger partial charge in [-0.25, -0.2) is 4.98 Å². The van der Waals surface area contributed by atoms with Crippen molar-refractivity contribution >= 4 is 17.2 Å². The molecule has 0 aliphatic heterocycles. The number of thiazole rings is 1. The van der Waals surface area contributed by atoms with E-state index in [1.807, 2.05) is 44.4 Å². The zero-order chi connectivity index (χ0) is 17.8. The lowest BCUT2D eigenvalue weighted by atomic mass is 10.1. The van der Waals surface area contributed by atoms with Gasteiger partial charge in [0.2, 0.25) is 0 Å². The second-order valence-electron chi connectivity index (χ2n) is 5.75. The quantitative estimate of drug-likeness (QED) is 0.730. The number of carbonyl (C=O) groups excluding carboxylic acids is 1. The predicted octanol–water partition coefficient (Wildman–Crippen LogP) is 3.57. The summed E-state index contributed by atoms with van der Waals surface area (Å²) in [6, 6.07) is 7.55. The first-order chi connectivity index (χ1) is 12.0. The molecule has 0 saturated carbocycles. The minimum absolute atomic E-state index is 0.220. The summed E-state index contributed by atoms with van der Waals surface area (Å²) in [6.07, 6.45) is 0. The zero-order valence-electron chi connectivity index (χ0n) is 14.3. The molecule has 1 amide bonds. The van der Waals surface area contributed by atoms with Crippen molar-refractivity contribution in [1.29, 1.82) is 0 Å². The van der Waals surface area contributed by atoms with Crippen molar-refractivity contribution in [3.05, 3.63) is 62.9 Å². The number of rotatable bonds is 6. The highest BCUT2D eigenvalue weighted by Crippen LogP contribution is 2.23. The molecule has 6 nitrogen and oxygen atoms in total. The lowest BCUT2D eigenvalue weighted by Gasteiger charge is -2.09. The third-order valence-electron chi connectivity index (χ3n) is 3.63. The molecule has 2 aromatic heterocycles. The zero-order valence-corrected chi connectivity index (χ0v) is 15.1. The van der Waals surface area contributed by atoms with Crippen LogP contribution in [0.1, 0.15) is 38.1 Å². The molecule has 1 aromatic carbocycles. The number of aromatic nitrogens is 2. The van der Waals surface area contributed by atoms with E-state index in [9.17, 15) is 4.79 Å². The van der Waals surface area contributed by atoms with Gasteiger partial charge in [0, 0.05) is 17.1 Å². The summed E-state index contributed by atoms with van der Waals surface area (Å²) < 4.78 is 11.0. The molecule has 0 saturated heterocycles. The van der Waals surface area contributed by atoms with Crippen molar-refractivity contribution in [2.45, 2.75) is 33.9 Å². The molecule has 0 radical (unpaired) electrons. The van der Waals surface area contributed by atoms with Gasteiger partial charge in [0.25, 0.3) is 5.91 Å². The van der Waals surface area contributed by atoms with Crippen molar-refractivity contribution in [3.8, 4) is 5.75 Å². The van der Waals surface area contributed by atoms with E-state index >= 15 is 0 Å². The summed E-state index contributed by atoms with van der Waals surface area (Å²) in [4.78, 5) is 16.4. The Labute approximate surface area is 149 Å². The van der Waals surface area contributed by atoms with Crippen LogP contribution >= 0.6 is 11.3 Å². The Balaban J connectivity index is 1.57. The van der Waals surface area contributed by atoms with Crippen LogP contribution in [0.4, 0.5) is 0 Å². The molecular weight excluding hydrogens is 338 g/mol. The smallest absolute Gasteiger partial charge is 0.273 e. The minimum atomic E-state index is -0.296. The molecule has 25 heavy (non-hydrogen) atoms. The number of aryl methyl sites for hydroxylation is 3. The van der Waals surface area contributed by atoms with Crippen molar-refractivity contribution in [2.75, 3.05) is 0 Å². The van der Waals surface area contributed by atoms with Crippen LogP contribution in [0.25, 0.3) is 0 Å². The van der Waals surface area contributed by atoms with E-state index in [2.05, 4.69) is 15.5 Å². The molecule has 3 rings (SSSR count). The Morgan fingerprint density at radius 3 is 2.72 bits per heavy atom. The first-order valence-corrected chi connectivity index (χ1v) is 8.74. The number of carbonyl (C=O) groups is 1. The van der Waals surface area contributed by atoms with Crippen LogP contribution in [0.5, 0.6) is 5.75 Å². The summed E-state index contributed by atoms with van der Waals surface area (Å²) >= 11 is 1.51. The number of hydrogen-bond acceptors (Lipinski definition) is 6. The second kappa shape index (κ2) is 7.48. The fourth-order valence-corrected chi connectivity index (χ4v) is 3.10. The van der Waals surface area contributed by atoms with E-state index < -0.39 is 0 Å². The van der Waals surface area contributed by atoms with Crippen molar-refractivity contribution in [3.63, 3.8) is 0 Å². The minimum Gasteiger partial charge on any atom is -0.485 e. The standard InChI is InChI=1S/C18H19N3O3S/c1-11-5-4-6-12(2)17(11)23-9-14-7-15(21-24-14)18(22)19-8-16-20-13(3)10-25-16/h4-7,10H,8-9H2,1-3H3,(H,19,22). The van der Waals surface area contributed by atoms with Gasteiger partial charge in [-0.3, -0.25) is 4.79 Å². The second-order valence-corrected chi connectivity index (χ2v) is 6.70. The first kappa shape index (κ1) is 17.2. The molecular formula is C18H19N3O3S. The highest BCUT2D eigenvalue weighted by molar-refractivity contribution is 7.09. The van der Waals surface area contributed by atoms with Crippen LogP contribution in [-0.4, -0.2) is 16.0 Å². The molecule has 0 spiro atoms. The van der Waals surface area contributed by atoms with Crippen molar-refractivity contribution in [1.82, 2.24) is 15.5 Å². The first-order valence-electron chi connectivity index (χ1n) is 7.86. The fraction of sp³-hybridized carbons (Fsp3) is 0.278.